The van der Waals surface area contributed by atoms with E-state index >= 15 is 0 Å². The van der Waals surface area contributed by atoms with Crippen LogP contribution in [0.4, 0.5) is 0 Å². The standard InChI is InChI=1S/C17H17N3O3S/c1-11-5-4-6-14(9-11)20-12(2)18-19-17(20)24-10-13-7-8-23-15(13)16(21)22-3/h4-9H,10H2,1-3H3. The van der Waals surface area contributed by atoms with Crippen molar-refractivity contribution < 1.29 is 13.9 Å². The highest BCUT2D eigenvalue weighted by Gasteiger charge is 2.18. The molecule has 2 aromatic heterocycles. The lowest BCUT2D eigenvalue weighted by atomic mass is 10.2. The van der Waals surface area contributed by atoms with Gasteiger partial charge in [-0.3, -0.25) is 4.57 Å². The van der Waals surface area contributed by atoms with Gasteiger partial charge in [-0.25, -0.2) is 4.79 Å². The molecule has 0 saturated carbocycles. The zero-order valence-corrected chi connectivity index (χ0v) is 14.5. The molecule has 3 rings (SSSR count). The number of esters is 1. The Hall–Kier alpha value is -2.54. The summed E-state index contributed by atoms with van der Waals surface area (Å²) in [7, 11) is 1.33. The Balaban J connectivity index is 1.85. The van der Waals surface area contributed by atoms with E-state index in [9.17, 15) is 4.79 Å². The van der Waals surface area contributed by atoms with Gasteiger partial charge in [-0.1, -0.05) is 23.9 Å². The molecule has 0 radical (unpaired) electrons. The maximum Gasteiger partial charge on any atom is 0.374 e. The van der Waals surface area contributed by atoms with Crippen molar-refractivity contribution in [3.63, 3.8) is 0 Å². The molecule has 0 spiro atoms. The van der Waals surface area contributed by atoms with Crippen LogP contribution >= 0.6 is 11.8 Å². The number of furan rings is 1. The number of hydrogen-bond donors (Lipinski definition) is 0. The number of carbonyl (C=O) groups is 1. The summed E-state index contributed by atoms with van der Waals surface area (Å²) in [5.74, 6) is 1.09. The maximum atomic E-state index is 11.7. The topological polar surface area (TPSA) is 70.2 Å². The van der Waals surface area contributed by atoms with E-state index in [-0.39, 0.29) is 5.76 Å². The van der Waals surface area contributed by atoms with E-state index in [0.29, 0.717) is 5.75 Å². The molecule has 1 aromatic carbocycles. The fourth-order valence-corrected chi connectivity index (χ4v) is 3.34. The fourth-order valence-electron chi connectivity index (χ4n) is 2.36. The molecule has 2 heterocycles. The Labute approximate surface area is 143 Å². The Morgan fingerprint density at radius 2 is 2.12 bits per heavy atom. The number of methoxy groups -OCH3 is 1. The predicted octanol–water partition coefficient (Wildman–Crippen LogP) is 3.56. The first-order valence-corrected chi connectivity index (χ1v) is 8.35. The Bertz CT molecular complexity index is 870. The largest absolute Gasteiger partial charge is 0.463 e. The summed E-state index contributed by atoms with van der Waals surface area (Å²) in [5, 5.41) is 9.18. The predicted molar refractivity (Wildman–Crippen MR) is 90.4 cm³/mol. The van der Waals surface area contributed by atoms with Gasteiger partial charge in [0.15, 0.2) is 5.16 Å². The summed E-state index contributed by atoms with van der Waals surface area (Å²) in [6.45, 7) is 3.96. The van der Waals surface area contributed by atoms with Crippen molar-refractivity contribution in [3.8, 4) is 5.69 Å². The zero-order chi connectivity index (χ0) is 17.1. The van der Waals surface area contributed by atoms with Crippen LogP contribution in [0.15, 0.2) is 46.2 Å². The van der Waals surface area contributed by atoms with Crippen LogP contribution in [0.5, 0.6) is 0 Å². The van der Waals surface area contributed by atoms with Crippen molar-refractivity contribution in [1.29, 1.82) is 0 Å². The highest BCUT2D eigenvalue weighted by atomic mass is 32.2. The third-order valence-electron chi connectivity index (χ3n) is 3.53. The van der Waals surface area contributed by atoms with Crippen molar-refractivity contribution in [2.75, 3.05) is 7.11 Å². The molecular formula is C17H17N3O3S. The molecule has 0 aliphatic carbocycles. The van der Waals surface area contributed by atoms with Crippen molar-refractivity contribution in [2.45, 2.75) is 24.8 Å². The minimum absolute atomic E-state index is 0.225. The fraction of sp³-hybridized carbons (Fsp3) is 0.235. The normalized spacial score (nSPS) is 10.8. The summed E-state index contributed by atoms with van der Waals surface area (Å²) >= 11 is 1.49. The van der Waals surface area contributed by atoms with Gasteiger partial charge in [-0.2, -0.15) is 0 Å². The quantitative estimate of drug-likeness (QED) is 0.521. The number of thioether (sulfide) groups is 1. The smallest absolute Gasteiger partial charge is 0.374 e. The minimum Gasteiger partial charge on any atom is -0.463 e. The van der Waals surface area contributed by atoms with Crippen LogP contribution in [0.25, 0.3) is 5.69 Å². The second kappa shape index (κ2) is 6.92. The monoisotopic (exact) mass is 343 g/mol. The van der Waals surface area contributed by atoms with Gasteiger partial charge in [-0.05, 0) is 37.6 Å². The van der Waals surface area contributed by atoms with Gasteiger partial charge in [-0.15, -0.1) is 10.2 Å². The van der Waals surface area contributed by atoms with Gasteiger partial charge in [0.25, 0.3) is 0 Å². The van der Waals surface area contributed by atoms with Crippen molar-refractivity contribution >= 4 is 17.7 Å². The van der Waals surface area contributed by atoms with Gasteiger partial charge in [0.05, 0.1) is 13.4 Å². The summed E-state index contributed by atoms with van der Waals surface area (Å²) < 4.78 is 11.9. The molecule has 0 fully saturated rings. The number of aryl methyl sites for hydroxylation is 2. The SMILES string of the molecule is COC(=O)c1occc1CSc1nnc(C)n1-c1cccc(C)c1. The van der Waals surface area contributed by atoms with Crippen LogP contribution < -0.4 is 0 Å². The summed E-state index contributed by atoms with van der Waals surface area (Å²) in [5.41, 5.74) is 2.95. The molecule has 0 atom stereocenters. The summed E-state index contributed by atoms with van der Waals surface area (Å²) in [6, 6.07) is 9.91. The van der Waals surface area contributed by atoms with E-state index in [0.717, 1.165) is 22.2 Å². The number of carbonyl (C=O) groups excluding carboxylic acids is 1. The molecule has 0 unspecified atom stereocenters. The van der Waals surface area contributed by atoms with Gasteiger partial charge < -0.3 is 9.15 Å². The molecule has 0 bridgehead atoms. The molecule has 7 heteroatoms. The van der Waals surface area contributed by atoms with Gasteiger partial charge in [0, 0.05) is 17.0 Å². The molecule has 124 valence electrons. The average Bonchev–Trinajstić information content (AvgIpc) is 3.18. The van der Waals surface area contributed by atoms with E-state index in [1.165, 1.54) is 30.7 Å². The highest BCUT2D eigenvalue weighted by molar-refractivity contribution is 7.98. The first kappa shape index (κ1) is 16.3. The average molecular weight is 343 g/mol. The minimum atomic E-state index is -0.480. The Morgan fingerprint density at radius 1 is 1.29 bits per heavy atom. The molecule has 0 N–H and O–H groups in total. The first-order valence-electron chi connectivity index (χ1n) is 7.36. The van der Waals surface area contributed by atoms with E-state index in [1.54, 1.807) is 6.07 Å². The van der Waals surface area contributed by atoms with Gasteiger partial charge >= 0.3 is 5.97 Å². The Morgan fingerprint density at radius 3 is 2.88 bits per heavy atom. The summed E-state index contributed by atoms with van der Waals surface area (Å²) in [6.07, 6.45) is 1.48. The maximum absolute atomic E-state index is 11.7. The van der Waals surface area contributed by atoms with Crippen molar-refractivity contribution in [3.05, 3.63) is 59.3 Å². The number of aromatic nitrogens is 3. The third kappa shape index (κ3) is 3.21. The number of rotatable bonds is 5. The van der Waals surface area contributed by atoms with Crippen LogP contribution in [-0.2, 0) is 10.5 Å². The van der Waals surface area contributed by atoms with E-state index < -0.39 is 5.97 Å². The number of benzene rings is 1. The molecule has 24 heavy (non-hydrogen) atoms. The van der Waals surface area contributed by atoms with Crippen molar-refractivity contribution in [1.82, 2.24) is 14.8 Å². The van der Waals surface area contributed by atoms with Crippen LogP contribution in [-0.4, -0.2) is 27.8 Å². The highest BCUT2D eigenvalue weighted by Crippen LogP contribution is 2.27. The second-order valence-corrected chi connectivity index (χ2v) is 6.20. The molecule has 0 amide bonds. The third-order valence-corrected chi connectivity index (χ3v) is 4.51. The molecule has 0 aliphatic heterocycles. The van der Waals surface area contributed by atoms with Gasteiger partial charge in [0.2, 0.25) is 5.76 Å². The zero-order valence-electron chi connectivity index (χ0n) is 13.6. The summed E-state index contributed by atoms with van der Waals surface area (Å²) in [4.78, 5) is 11.7. The van der Waals surface area contributed by atoms with Crippen LogP contribution in [0.2, 0.25) is 0 Å². The number of hydrogen-bond acceptors (Lipinski definition) is 6. The lowest BCUT2D eigenvalue weighted by Gasteiger charge is -2.09. The lowest BCUT2D eigenvalue weighted by molar-refractivity contribution is 0.0564. The lowest BCUT2D eigenvalue weighted by Crippen LogP contribution is -2.03. The molecular weight excluding hydrogens is 326 g/mol. The Kier molecular flexibility index (Phi) is 4.71. The molecule has 0 aliphatic rings. The van der Waals surface area contributed by atoms with Crippen LogP contribution in [0.3, 0.4) is 0 Å². The number of ether oxygens (including phenoxy) is 1. The van der Waals surface area contributed by atoms with Crippen molar-refractivity contribution in [2.24, 2.45) is 0 Å². The molecule has 0 saturated heterocycles. The van der Waals surface area contributed by atoms with Crippen LogP contribution in [0, 0.1) is 13.8 Å². The van der Waals surface area contributed by atoms with E-state index in [1.807, 2.05) is 36.6 Å². The van der Waals surface area contributed by atoms with E-state index in [4.69, 9.17) is 9.15 Å². The second-order valence-electron chi connectivity index (χ2n) is 5.26. The van der Waals surface area contributed by atoms with Crippen LogP contribution in [0.1, 0.15) is 27.5 Å². The van der Waals surface area contributed by atoms with Gasteiger partial charge in [0.1, 0.15) is 5.82 Å². The van der Waals surface area contributed by atoms with E-state index in [2.05, 4.69) is 16.3 Å². The number of nitrogens with zero attached hydrogens (tertiary/aromatic N) is 3. The molecule has 3 aromatic rings. The molecule has 6 nitrogen and oxygen atoms in total. The first-order chi connectivity index (χ1) is 11.6.